The quantitative estimate of drug-likeness (QED) is 0.352. The Morgan fingerprint density at radius 1 is 1.26 bits per heavy atom. The van der Waals surface area contributed by atoms with E-state index in [-0.39, 0.29) is 30.8 Å². The fourth-order valence-electron chi connectivity index (χ4n) is 2.92. The van der Waals surface area contributed by atoms with Crippen LogP contribution in [0.3, 0.4) is 0 Å². The second kappa shape index (κ2) is 13.0. The maximum absolute atomic E-state index is 11.9. The molecule has 1 aromatic heterocycles. The molecular formula is C21H30N4O5S. The summed E-state index contributed by atoms with van der Waals surface area (Å²) in [5.41, 5.74) is 1.42. The summed E-state index contributed by atoms with van der Waals surface area (Å²) in [5, 5.41) is 13.3. The number of hydrogen-bond donors (Lipinski definition) is 2. The van der Waals surface area contributed by atoms with Gasteiger partial charge >= 0.3 is 5.97 Å². The Labute approximate surface area is 186 Å². The fraction of sp³-hybridized carbons (Fsp3) is 0.524. The first kappa shape index (κ1) is 24.7. The van der Waals surface area contributed by atoms with Gasteiger partial charge in [0.1, 0.15) is 18.4 Å². The Bertz CT molecular complexity index is 817. The van der Waals surface area contributed by atoms with E-state index in [9.17, 15) is 14.7 Å². The molecule has 0 aliphatic heterocycles. The lowest BCUT2D eigenvalue weighted by molar-refractivity contribution is -0.143. The van der Waals surface area contributed by atoms with Crippen molar-refractivity contribution in [1.29, 1.82) is 0 Å². The van der Waals surface area contributed by atoms with E-state index >= 15 is 0 Å². The Balaban J connectivity index is 1.74. The van der Waals surface area contributed by atoms with E-state index in [0.29, 0.717) is 37.8 Å². The van der Waals surface area contributed by atoms with Crippen LogP contribution in [0.15, 0.2) is 30.3 Å². The van der Waals surface area contributed by atoms with E-state index in [1.54, 1.807) is 11.8 Å². The third-order valence-electron chi connectivity index (χ3n) is 4.48. The van der Waals surface area contributed by atoms with Crippen LogP contribution in [0, 0.1) is 0 Å². The molecule has 2 atom stereocenters. The first-order chi connectivity index (χ1) is 14.9. The standard InChI is InChI=1S/C21H30N4O5S/c1-4-29-19(28)12-15(2)20-21(24-31-23-20)30-14-18(27)13-22-10-11-25(16(3)26)17-8-6-5-7-9-17/h5-9,15,18,22,27H,4,10-14H2,1-3H3. The predicted octanol–water partition coefficient (Wildman–Crippen LogP) is 1.98. The molecular weight excluding hydrogens is 420 g/mol. The average Bonchev–Trinajstić information content (AvgIpc) is 3.21. The molecule has 1 heterocycles. The average molecular weight is 451 g/mol. The molecule has 0 radical (unpaired) electrons. The molecule has 0 aliphatic rings. The number of aliphatic hydroxyl groups is 1. The number of nitrogens with zero attached hydrogens (tertiary/aromatic N) is 3. The smallest absolute Gasteiger partial charge is 0.306 e. The molecule has 1 amide bonds. The van der Waals surface area contributed by atoms with Gasteiger partial charge in [-0.15, -0.1) is 4.37 Å². The predicted molar refractivity (Wildman–Crippen MR) is 118 cm³/mol. The third kappa shape index (κ3) is 8.23. The fourth-order valence-corrected chi connectivity index (χ4v) is 3.53. The van der Waals surface area contributed by atoms with Crippen LogP contribution >= 0.6 is 11.7 Å². The van der Waals surface area contributed by atoms with Crippen LogP contribution in [0.4, 0.5) is 5.69 Å². The van der Waals surface area contributed by atoms with E-state index in [2.05, 4.69) is 14.1 Å². The van der Waals surface area contributed by atoms with Crippen LogP contribution in [0.2, 0.25) is 0 Å². The van der Waals surface area contributed by atoms with Gasteiger partial charge in [0.2, 0.25) is 11.8 Å². The van der Waals surface area contributed by atoms with Crippen molar-refractivity contribution in [2.45, 2.75) is 39.2 Å². The van der Waals surface area contributed by atoms with Crippen LogP contribution in [-0.2, 0) is 14.3 Å². The first-order valence-electron chi connectivity index (χ1n) is 10.2. The zero-order valence-electron chi connectivity index (χ0n) is 18.1. The molecule has 2 unspecified atom stereocenters. The molecule has 0 fully saturated rings. The lowest BCUT2D eigenvalue weighted by Gasteiger charge is -2.22. The van der Waals surface area contributed by atoms with E-state index in [1.807, 2.05) is 37.3 Å². The molecule has 2 N–H and O–H groups in total. The van der Waals surface area contributed by atoms with Gasteiger partial charge in [0, 0.05) is 38.2 Å². The zero-order valence-corrected chi connectivity index (χ0v) is 18.9. The number of carbonyl (C=O) groups is 2. The van der Waals surface area contributed by atoms with Gasteiger partial charge in [0.15, 0.2) is 0 Å². The van der Waals surface area contributed by atoms with E-state index in [4.69, 9.17) is 9.47 Å². The number of carbonyl (C=O) groups excluding carboxylic acids is 2. The number of ether oxygens (including phenoxy) is 2. The van der Waals surface area contributed by atoms with Crippen molar-refractivity contribution in [3.63, 3.8) is 0 Å². The van der Waals surface area contributed by atoms with E-state index in [1.165, 1.54) is 6.92 Å². The van der Waals surface area contributed by atoms with Gasteiger partial charge in [-0.05, 0) is 19.1 Å². The summed E-state index contributed by atoms with van der Waals surface area (Å²) in [6.07, 6.45) is -0.578. The number of esters is 1. The van der Waals surface area contributed by atoms with Crippen LogP contribution in [-0.4, -0.2) is 64.7 Å². The number of hydrogen-bond acceptors (Lipinski definition) is 9. The molecule has 1 aromatic carbocycles. The topological polar surface area (TPSA) is 114 Å². The number of amides is 1. The molecule has 31 heavy (non-hydrogen) atoms. The normalized spacial score (nSPS) is 12.8. The summed E-state index contributed by atoms with van der Waals surface area (Å²) in [5.74, 6) is -0.211. The highest BCUT2D eigenvalue weighted by Gasteiger charge is 2.21. The molecule has 2 aromatic rings. The summed E-state index contributed by atoms with van der Waals surface area (Å²) in [7, 11) is 0. The van der Waals surface area contributed by atoms with Crippen molar-refractivity contribution >= 4 is 29.3 Å². The highest BCUT2D eigenvalue weighted by Crippen LogP contribution is 2.27. The maximum Gasteiger partial charge on any atom is 0.306 e. The summed E-state index contributed by atoms with van der Waals surface area (Å²) in [6, 6.07) is 9.43. The Morgan fingerprint density at radius 3 is 2.68 bits per heavy atom. The van der Waals surface area contributed by atoms with Gasteiger partial charge in [-0.1, -0.05) is 25.1 Å². The van der Waals surface area contributed by atoms with E-state index in [0.717, 1.165) is 17.4 Å². The first-order valence-corrected chi connectivity index (χ1v) is 11.0. The Kier molecular flexibility index (Phi) is 10.3. The molecule has 0 bridgehead atoms. The van der Waals surface area contributed by atoms with Crippen LogP contribution in [0.5, 0.6) is 5.88 Å². The molecule has 9 nitrogen and oxygen atoms in total. The van der Waals surface area contributed by atoms with Crippen molar-refractivity contribution in [3.05, 3.63) is 36.0 Å². The monoisotopic (exact) mass is 450 g/mol. The van der Waals surface area contributed by atoms with Gasteiger partial charge in [-0.2, -0.15) is 4.37 Å². The van der Waals surface area contributed by atoms with Gasteiger partial charge < -0.3 is 24.8 Å². The molecule has 170 valence electrons. The highest BCUT2D eigenvalue weighted by atomic mass is 32.1. The Hall–Kier alpha value is -2.56. The summed E-state index contributed by atoms with van der Waals surface area (Å²) >= 11 is 1.00. The van der Waals surface area contributed by atoms with Crippen LogP contribution in [0.1, 0.15) is 38.8 Å². The Morgan fingerprint density at radius 2 is 2.00 bits per heavy atom. The lowest BCUT2D eigenvalue weighted by atomic mass is 10.0. The number of aliphatic hydroxyl groups excluding tert-OH is 1. The second-order valence-corrected chi connectivity index (χ2v) is 7.57. The summed E-state index contributed by atoms with van der Waals surface area (Å²) < 4.78 is 18.9. The number of nitrogens with one attached hydrogen (secondary N) is 1. The van der Waals surface area contributed by atoms with Gasteiger partial charge in [-0.3, -0.25) is 9.59 Å². The summed E-state index contributed by atoms with van der Waals surface area (Å²) in [6.45, 7) is 6.81. The minimum absolute atomic E-state index is 0.0344. The molecule has 0 aliphatic carbocycles. The number of aromatic nitrogens is 2. The number of rotatable bonds is 13. The second-order valence-electron chi connectivity index (χ2n) is 7.04. The lowest BCUT2D eigenvalue weighted by Crippen LogP contribution is -2.39. The molecule has 0 saturated heterocycles. The van der Waals surface area contributed by atoms with Crippen molar-refractivity contribution in [3.8, 4) is 5.88 Å². The van der Waals surface area contributed by atoms with E-state index < -0.39 is 6.10 Å². The van der Waals surface area contributed by atoms with Crippen LogP contribution < -0.4 is 15.0 Å². The van der Waals surface area contributed by atoms with Gasteiger partial charge in [0.05, 0.1) is 24.8 Å². The number of para-hydroxylation sites is 1. The largest absolute Gasteiger partial charge is 0.473 e. The third-order valence-corrected chi connectivity index (χ3v) is 5.01. The van der Waals surface area contributed by atoms with Crippen molar-refractivity contribution in [1.82, 2.24) is 14.1 Å². The summed E-state index contributed by atoms with van der Waals surface area (Å²) in [4.78, 5) is 25.2. The van der Waals surface area contributed by atoms with Crippen molar-refractivity contribution < 1.29 is 24.2 Å². The highest BCUT2D eigenvalue weighted by molar-refractivity contribution is 6.99. The SMILES string of the molecule is CCOC(=O)CC(C)c1nsnc1OCC(O)CNCCN(C(C)=O)c1ccccc1. The van der Waals surface area contributed by atoms with Crippen LogP contribution in [0.25, 0.3) is 0 Å². The molecule has 0 saturated carbocycles. The molecule has 10 heteroatoms. The zero-order chi connectivity index (χ0) is 22.6. The number of anilines is 1. The molecule has 0 spiro atoms. The maximum atomic E-state index is 11.9. The van der Waals surface area contributed by atoms with Crippen molar-refractivity contribution in [2.75, 3.05) is 37.7 Å². The van der Waals surface area contributed by atoms with Crippen molar-refractivity contribution in [2.24, 2.45) is 0 Å². The minimum Gasteiger partial charge on any atom is -0.473 e. The van der Waals surface area contributed by atoms with Gasteiger partial charge in [0.25, 0.3) is 0 Å². The number of benzene rings is 1. The minimum atomic E-state index is -0.766. The molecule has 2 rings (SSSR count). The van der Waals surface area contributed by atoms with Gasteiger partial charge in [-0.25, -0.2) is 0 Å².